The van der Waals surface area contributed by atoms with Crippen LogP contribution in [0.5, 0.6) is 0 Å². The van der Waals surface area contributed by atoms with E-state index in [0.29, 0.717) is 84.1 Å². The van der Waals surface area contributed by atoms with Gasteiger partial charge in [0.2, 0.25) is 23.6 Å². The van der Waals surface area contributed by atoms with Crippen LogP contribution in [-0.4, -0.2) is 146 Å². The normalized spacial score (nSPS) is 16.9. The van der Waals surface area contributed by atoms with E-state index in [1.807, 2.05) is 47.3 Å². The van der Waals surface area contributed by atoms with Crippen molar-refractivity contribution in [3.63, 3.8) is 0 Å². The molecule has 15 heteroatoms. The molecule has 1 unspecified atom stereocenters. The van der Waals surface area contributed by atoms with Gasteiger partial charge in [-0.15, -0.1) is 0 Å². The summed E-state index contributed by atoms with van der Waals surface area (Å²) < 4.78 is 0. The van der Waals surface area contributed by atoms with Crippen LogP contribution in [-0.2, 0) is 19.2 Å². The first-order valence-corrected chi connectivity index (χ1v) is 15.8. The van der Waals surface area contributed by atoms with Gasteiger partial charge in [-0.2, -0.15) is 0 Å². The Morgan fingerprint density at radius 1 is 0.644 bits per heavy atom. The predicted octanol–water partition coefficient (Wildman–Crippen LogP) is -0.598. The molecule has 1 aliphatic rings. The average Bonchev–Trinajstić information content (AvgIpc) is 2.99. The second kappa shape index (κ2) is 20.4. The van der Waals surface area contributed by atoms with Crippen molar-refractivity contribution in [3.05, 3.63) is 39.9 Å². The molecule has 1 heterocycles. The number of nitro benzene ring substituents is 1. The maximum absolute atomic E-state index is 13.5. The van der Waals surface area contributed by atoms with Crippen molar-refractivity contribution in [2.45, 2.75) is 33.7 Å². The van der Waals surface area contributed by atoms with Gasteiger partial charge < -0.3 is 21.3 Å². The first-order valence-electron chi connectivity index (χ1n) is 15.8. The van der Waals surface area contributed by atoms with Crippen molar-refractivity contribution in [1.82, 2.24) is 40.9 Å². The van der Waals surface area contributed by atoms with Crippen LogP contribution in [0.1, 0.15) is 39.3 Å². The lowest BCUT2D eigenvalue weighted by Gasteiger charge is -2.36. The van der Waals surface area contributed by atoms with Crippen LogP contribution in [0.4, 0.5) is 5.69 Å². The van der Waals surface area contributed by atoms with E-state index in [4.69, 9.17) is 0 Å². The van der Waals surface area contributed by atoms with Gasteiger partial charge >= 0.3 is 0 Å². The summed E-state index contributed by atoms with van der Waals surface area (Å²) >= 11 is 0. The zero-order valence-electron chi connectivity index (χ0n) is 27.2. The van der Waals surface area contributed by atoms with E-state index in [1.165, 1.54) is 12.1 Å². The van der Waals surface area contributed by atoms with Crippen LogP contribution in [0, 0.1) is 10.1 Å². The number of nitrogens with zero attached hydrogens (tertiary/aromatic N) is 5. The number of carbonyl (C=O) groups excluding carboxylic acids is 4. The Labute approximate surface area is 266 Å². The topological polar surface area (TPSA) is 173 Å². The number of carbonyl (C=O) groups is 4. The Bertz CT molecular complexity index is 1070. The third kappa shape index (κ3) is 13.5. The van der Waals surface area contributed by atoms with Gasteiger partial charge in [0.05, 0.1) is 24.6 Å². The summed E-state index contributed by atoms with van der Waals surface area (Å²) in [5.41, 5.74) is 0.540. The van der Waals surface area contributed by atoms with Crippen molar-refractivity contribution in [1.29, 1.82) is 0 Å². The number of rotatable bonds is 14. The van der Waals surface area contributed by atoms with E-state index in [0.717, 1.165) is 0 Å². The van der Waals surface area contributed by atoms with E-state index in [1.54, 1.807) is 12.1 Å². The van der Waals surface area contributed by atoms with Crippen molar-refractivity contribution >= 4 is 29.3 Å². The number of hydrogen-bond acceptors (Lipinski definition) is 10. The van der Waals surface area contributed by atoms with Crippen LogP contribution in [0.15, 0.2) is 24.3 Å². The first-order chi connectivity index (χ1) is 21.6. The van der Waals surface area contributed by atoms with Crippen LogP contribution in [0.2, 0.25) is 0 Å². The number of hydrogen-bond donors (Lipinski definition) is 4. The number of nitro groups is 1. The monoisotopic (exact) mass is 633 g/mol. The second-order valence-electron chi connectivity index (χ2n) is 10.9. The van der Waals surface area contributed by atoms with Gasteiger partial charge in [-0.1, -0.05) is 12.1 Å². The molecule has 1 aromatic rings. The summed E-state index contributed by atoms with van der Waals surface area (Å²) in [4.78, 5) is 70.2. The highest BCUT2D eigenvalue weighted by Crippen LogP contribution is 2.24. The second-order valence-corrected chi connectivity index (χ2v) is 10.9. The van der Waals surface area contributed by atoms with Crippen LogP contribution < -0.4 is 21.3 Å². The lowest BCUT2D eigenvalue weighted by Crippen LogP contribution is -2.52. The Morgan fingerprint density at radius 2 is 1.00 bits per heavy atom. The molecule has 1 atom stereocenters. The summed E-state index contributed by atoms with van der Waals surface area (Å²) in [6.45, 7) is 13.6. The molecular formula is C30H51N9O6. The van der Waals surface area contributed by atoms with Gasteiger partial charge in [0.15, 0.2) is 0 Å². The highest BCUT2D eigenvalue weighted by molar-refractivity contribution is 5.83. The predicted molar refractivity (Wildman–Crippen MR) is 171 cm³/mol. The first kappa shape index (κ1) is 37.5. The highest BCUT2D eigenvalue weighted by atomic mass is 16.6. The Morgan fingerprint density at radius 3 is 1.33 bits per heavy atom. The molecule has 252 valence electrons. The standard InChI is InChI=1S/C30H51N9O6/c1-5-31-26(40)21-35-13-15-36(22-27(41)32-6-2)17-19-38(20-18-37(16-14-35)23-28(42)33-7-3)29(30(43)34-8-4)24-9-11-25(12-10-24)39(44)45/h9-12,29H,5-8,13-23H2,1-4H3,(H,31,40)(H,32,41)(H,33,42)(H,34,43). The minimum Gasteiger partial charge on any atom is -0.355 e. The van der Waals surface area contributed by atoms with Crippen molar-refractivity contribution in [2.24, 2.45) is 0 Å². The number of nitrogens with one attached hydrogen (secondary N) is 4. The molecule has 1 fully saturated rings. The SMILES string of the molecule is CCNC(=O)CN1CCN(CC(=O)NCC)CCN(C(C(=O)NCC)c2ccc([N+](=O)[O-])cc2)CCN(CC(=O)NCC)CC1. The maximum Gasteiger partial charge on any atom is 0.269 e. The van der Waals surface area contributed by atoms with Crippen LogP contribution in [0.25, 0.3) is 0 Å². The fourth-order valence-electron chi connectivity index (χ4n) is 5.23. The molecular weight excluding hydrogens is 582 g/mol. The molecule has 4 amide bonds. The highest BCUT2D eigenvalue weighted by Gasteiger charge is 2.30. The summed E-state index contributed by atoms with van der Waals surface area (Å²) in [5, 5.41) is 22.8. The van der Waals surface area contributed by atoms with Gasteiger partial charge in [0.1, 0.15) is 6.04 Å². The Hall–Kier alpha value is -3.66. The van der Waals surface area contributed by atoms with Crippen molar-refractivity contribution in [3.8, 4) is 0 Å². The van der Waals surface area contributed by atoms with E-state index in [9.17, 15) is 29.3 Å². The van der Waals surface area contributed by atoms with Crippen molar-refractivity contribution in [2.75, 3.05) is 98.2 Å². The summed E-state index contributed by atoms with van der Waals surface area (Å²) in [7, 11) is 0. The molecule has 1 saturated heterocycles. The zero-order chi connectivity index (χ0) is 33.2. The third-order valence-electron chi connectivity index (χ3n) is 7.48. The average molecular weight is 634 g/mol. The third-order valence-corrected chi connectivity index (χ3v) is 7.48. The lowest BCUT2D eigenvalue weighted by atomic mass is 10.0. The Kier molecular flexibility index (Phi) is 17.0. The maximum atomic E-state index is 13.5. The molecule has 0 bridgehead atoms. The minimum absolute atomic E-state index is 0.0690. The summed E-state index contributed by atoms with van der Waals surface area (Å²) in [5.74, 6) is -0.559. The van der Waals surface area contributed by atoms with Gasteiger partial charge in [-0.25, -0.2) is 0 Å². The van der Waals surface area contributed by atoms with E-state index >= 15 is 0 Å². The largest absolute Gasteiger partial charge is 0.355 e. The number of benzene rings is 1. The molecule has 15 nitrogen and oxygen atoms in total. The molecule has 45 heavy (non-hydrogen) atoms. The molecule has 2 rings (SSSR count). The molecule has 1 aliphatic heterocycles. The van der Waals surface area contributed by atoms with Crippen LogP contribution in [0.3, 0.4) is 0 Å². The smallest absolute Gasteiger partial charge is 0.269 e. The number of likely N-dealkylation sites (N-methyl/N-ethyl adjacent to an activating group) is 4. The van der Waals surface area contributed by atoms with Crippen molar-refractivity contribution < 1.29 is 24.1 Å². The minimum atomic E-state index is -0.749. The molecule has 1 aromatic carbocycles. The van der Waals surface area contributed by atoms with Gasteiger partial charge in [-0.3, -0.25) is 48.9 Å². The Balaban J connectivity index is 2.46. The van der Waals surface area contributed by atoms with Gasteiger partial charge in [-0.05, 0) is 33.3 Å². The number of amides is 4. The molecule has 0 aromatic heterocycles. The van der Waals surface area contributed by atoms with E-state index < -0.39 is 11.0 Å². The molecule has 0 spiro atoms. The summed E-state index contributed by atoms with van der Waals surface area (Å²) in [6, 6.07) is 5.24. The lowest BCUT2D eigenvalue weighted by molar-refractivity contribution is -0.384. The van der Waals surface area contributed by atoms with Gasteiger partial charge in [0, 0.05) is 90.7 Å². The molecule has 4 N–H and O–H groups in total. The quantitative estimate of drug-likeness (QED) is 0.153. The molecule has 0 saturated carbocycles. The van der Waals surface area contributed by atoms with Gasteiger partial charge in [0.25, 0.3) is 5.69 Å². The fourth-order valence-corrected chi connectivity index (χ4v) is 5.23. The van der Waals surface area contributed by atoms with Crippen LogP contribution >= 0.6 is 0 Å². The number of non-ortho nitro benzene ring substituents is 1. The fraction of sp³-hybridized carbons (Fsp3) is 0.667. The molecule has 0 aliphatic carbocycles. The summed E-state index contributed by atoms with van der Waals surface area (Å²) in [6.07, 6.45) is 0. The van der Waals surface area contributed by atoms with E-state index in [-0.39, 0.29) is 49.0 Å². The van der Waals surface area contributed by atoms with E-state index in [2.05, 4.69) is 21.3 Å². The zero-order valence-corrected chi connectivity index (χ0v) is 27.2. The molecule has 0 radical (unpaired) electrons.